The zero-order valence-corrected chi connectivity index (χ0v) is 10.9. The average Bonchev–Trinajstić information content (AvgIpc) is 2.27. The molecule has 0 aliphatic heterocycles. The first-order valence-corrected chi connectivity index (χ1v) is 5.40. The fourth-order valence-electron chi connectivity index (χ4n) is 1.22. The summed E-state index contributed by atoms with van der Waals surface area (Å²) in [6, 6.07) is 4.96. The Bertz CT molecular complexity index is 431. The monoisotopic (exact) mass is 285 g/mol. The fourth-order valence-corrected chi connectivity index (χ4v) is 1.93. The summed E-state index contributed by atoms with van der Waals surface area (Å²) in [5.41, 5.74) is 0.882. The topological polar surface area (TPSA) is 46.6 Å². The molecule has 0 heterocycles. The van der Waals surface area contributed by atoms with Crippen molar-refractivity contribution in [2.24, 2.45) is 0 Å². The zero-order chi connectivity index (χ0) is 12.3. The molecule has 0 atom stereocenters. The molecule has 0 fully saturated rings. The molecule has 0 aliphatic rings. The summed E-state index contributed by atoms with van der Waals surface area (Å²) in [5.74, 6) is -0.404. The standard InChI is InChI=1S/C11H12BrNO3/c1-7(14)8-5-4-6-9(10(8)12)11(15)13(2)16-3/h4-6H,1-3H3. The second-order valence-electron chi connectivity index (χ2n) is 3.21. The Morgan fingerprint density at radius 3 is 2.38 bits per heavy atom. The molecule has 0 saturated carbocycles. The Hall–Kier alpha value is -1.20. The van der Waals surface area contributed by atoms with Crippen molar-refractivity contribution in [1.29, 1.82) is 0 Å². The van der Waals surface area contributed by atoms with Gasteiger partial charge in [0.15, 0.2) is 5.78 Å². The van der Waals surface area contributed by atoms with Gasteiger partial charge in [0.05, 0.1) is 12.7 Å². The van der Waals surface area contributed by atoms with E-state index in [2.05, 4.69) is 15.9 Å². The summed E-state index contributed by atoms with van der Waals surface area (Å²) >= 11 is 3.26. The molecule has 0 spiro atoms. The van der Waals surface area contributed by atoms with Crippen LogP contribution in [0.15, 0.2) is 22.7 Å². The van der Waals surface area contributed by atoms with E-state index in [1.807, 2.05) is 0 Å². The number of halogens is 1. The molecular weight excluding hydrogens is 274 g/mol. The molecule has 16 heavy (non-hydrogen) atoms. The van der Waals surface area contributed by atoms with Crippen LogP contribution in [-0.4, -0.2) is 30.9 Å². The van der Waals surface area contributed by atoms with Crippen LogP contribution >= 0.6 is 15.9 Å². The van der Waals surface area contributed by atoms with E-state index in [1.54, 1.807) is 18.2 Å². The molecule has 5 heteroatoms. The van der Waals surface area contributed by atoms with Crippen LogP contribution in [0.3, 0.4) is 0 Å². The Morgan fingerprint density at radius 1 is 1.31 bits per heavy atom. The molecule has 0 N–H and O–H groups in total. The van der Waals surface area contributed by atoms with Gasteiger partial charge in [-0.25, -0.2) is 5.06 Å². The summed E-state index contributed by atoms with van der Waals surface area (Å²) in [6.07, 6.45) is 0. The largest absolute Gasteiger partial charge is 0.294 e. The van der Waals surface area contributed by atoms with Gasteiger partial charge in [0, 0.05) is 17.1 Å². The maximum absolute atomic E-state index is 11.8. The Balaban J connectivity index is 3.20. The maximum atomic E-state index is 11.8. The number of ketones is 1. The minimum atomic E-state index is -0.308. The first-order valence-electron chi connectivity index (χ1n) is 4.60. The van der Waals surface area contributed by atoms with Gasteiger partial charge in [-0.2, -0.15) is 0 Å². The highest BCUT2D eigenvalue weighted by molar-refractivity contribution is 9.10. The van der Waals surface area contributed by atoms with E-state index in [1.165, 1.54) is 21.1 Å². The van der Waals surface area contributed by atoms with Crippen molar-refractivity contribution < 1.29 is 14.4 Å². The van der Waals surface area contributed by atoms with Crippen molar-refractivity contribution in [2.45, 2.75) is 6.92 Å². The lowest BCUT2D eigenvalue weighted by Crippen LogP contribution is -2.26. The molecular formula is C11H12BrNO3. The molecule has 86 valence electrons. The lowest BCUT2D eigenvalue weighted by molar-refractivity contribution is -0.0757. The van der Waals surface area contributed by atoms with Gasteiger partial charge in [0.2, 0.25) is 0 Å². The fraction of sp³-hybridized carbons (Fsp3) is 0.273. The number of hydrogen-bond donors (Lipinski definition) is 0. The molecule has 0 bridgehead atoms. The number of carbonyl (C=O) groups is 2. The van der Waals surface area contributed by atoms with Crippen LogP contribution in [0, 0.1) is 0 Å². The Kier molecular flexibility index (Phi) is 4.20. The van der Waals surface area contributed by atoms with E-state index in [4.69, 9.17) is 4.84 Å². The molecule has 1 aromatic rings. The highest BCUT2D eigenvalue weighted by atomic mass is 79.9. The van der Waals surface area contributed by atoms with Crippen LogP contribution in [0.1, 0.15) is 27.6 Å². The number of rotatable bonds is 3. The first-order chi connectivity index (χ1) is 7.49. The molecule has 0 aromatic heterocycles. The third-order valence-corrected chi connectivity index (χ3v) is 3.02. The zero-order valence-electron chi connectivity index (χ0n) is 9.28. The number of nitrogens with zero attached hydrogens (tertiary/aromatic N) is 1. The minimum Gasteiger partial charge on any atom is -0.294 e. The Morgan fingerprint density at radius 2 is 1.88 bits per heavy atom. The molecule has 0 aliphatic carbocycles. The van der Waals surface area contributed by atoms with Crippen molar-refractivity contribution in [1.82, 2.24) is 5.06 Å². The normalized spacial score (nSPS) is 10.0. The number of benzene rings is 1. The molecule has 0 saturated heterocycles. The van der Waals surface area contributed by atoms with Crippen LogP contribution in [0.4, 0.5) is 0 Å². The van der Waals surface area contributed by atoms with Crippen molar-refractivity contribution >= 4 is 27.6 Å². The second kappa shape index (κ2) is 5.23. The van der Waals surface area contributed by atoms with Crippen molar-refractivity contribution in [3.63, 3.8) is 0 Å². The van der Waals surface area contributed by atoms with Gasteiger partial charge in [-0.3, -0.25) is 14.4 Å². The smallest absolute Gasteiger partial charge is 0.278 e. The van der Waals surface area contributed by atoms with E-state index in [0.29, 0.717) is 15.6 Å². The van der Waals surface area contributed by atoms with Gasteiger partial charge >= 0.3 is 0 Å². The van der Waals surface area contributed by atoms with E-state index in [9.17, 15) is 9.59 Å². The Labute approximate surface area is 102 Å². The summed E-state index contributed by atoms with van der Waals surface area (Å²) in [7, 11) is 2.91. The van der Waals surface area contributed by atoms with Crippen LogP contribution < -0.4 is 0 Å². The van der Waals surface area contributed by atoms with Gasteiger partial charge in [-0.15, -0.1) is 0 Å². The summed E-state index contributed by atoms with van der Waals surface area (Å²) in [5, 5.41) is 1.10. The van der Waals surface area contributed by atoms with Crippen molar-refractivity contribution in [2.75, 3.05) is 14.2 Å². The third-order valence-electron chi connectivity index (χ3n) is 2.17. The minimum absolute atomic E-state index is 0.0957. The summed E-state index contributed by atoms with van der Waals surface area (Å²) in [4.78, 5) is 27.9. The third kappa shape index (κ3) is 2.48. The van der Waals surface area contributed by atoms with Crippen LogP contribution in [0.25, 0.3) is 0 Å². The highest BCUT2D eigenvalue weighted by Gasteiger charge is 2.18. The number of Topliss-reactive ketones (excluding diaryl/α,β-unsaturated/α-hetero) is 1. The van der Waals surface area contributed by atoms with Crippen molar-refractivity contribution in [3.05, 3.63) is 33.8 Å². The number of hydrogen-bond acceptors (Lipinski definition) is 3. The second-order valence-corrected chi connectivity index (χ2v) is 4.00. The van der Waals surface area contributed by atoms with Gasteiger partial charge < -0.3 is 0 Å². The molecule has 1 rings (SSSR count). The average molecular weight is 286 g/mol. The van der Waals surface area contributed by atoms with E-state index >= 15 is 0 Å². The molecule has 1 aromatic carbocycles. The highest BCUT2D eigenvalue weighted by Crippen LogP contribution is 2.23. The van der Waals surface area contributed by atoms with Crippen LogP contribution in [0.2, 0.25) is 0 Å². The molecule has 0 radical (unpaired) electrons. The van der Waals surface area contributed by atoms with Crippen LogP contribution in [0.5, 0.6) is 0 Å². The molecule has 0 unspecified atom stereocenters. The molecule has 1 amide bonds. The van der Waals surface area contributed by atoms with Gasteiger partial charge in [-0.1, -0.05) is 12.1 Å². The summed E-state index contributed by atoms with van der Waals surface area (Å²) in [6.45, 7) is 1.45. The van der Waals surface area contributed by atoms with E-state index in [-0.39, 0.29) is 11.7 Å². The molecule has 4 nitrogen and oxygen atoms in total. The first kappa shape index (κ1) is 12.9. The number of amides is 1. The summed E-state index contributed by atoms with van der Waals surface area (Å²) < 4.78 is 0.497. The van der Waals surface area contributed by atoms with E-state index in [0.717, 1.165) is 5.06 Å². The van der Waals surface area contributed by atoms with Crippen LogP contribution in [-0.2, 0) is 4.84 Å². The predicted octanol–water partition coefficient (Wildman–Crippen LogP) is 2.29. The maximum Gasteiger partial charge on any atom is 0.278 e. The predicted molar refractivity (Wildman–Crippen MR) is 63.2 cm³/mol. The van der Waals surface area contributed by atoms with Gasteiger partial charge in [0.25, 0.3) is 5.91 Å². The van der Waals surface area contributed by atoms with Crippen molar-refractivity contribution in [3.8, 4) is 0 Å². The SMILES string of the molecule is CON(C)C(=O)c1cccc(C(C)=O)c1Br. The van der Waals surface area contributed by atoms with Gasteiger partial charge in [0.1, 0.15) is 0 Å². The number of hydroxylamine groups is 2. The van der Waals surface area contributed by atoms with E-state index < -0.39 is 0 Å². The quantitative estimate of drug-likeness (QED) is 0.632. The number of carbonyl (C=O) groups excluding carboxylic acids is 2. The van der Waals surface area contributed by atoms with Gasteiger partial charge in [-0.05, 0) is 28.9 Å². The lowest BCUT2D eigenvalue weighted by atomic mass is 10.1. The lowest BCUT2D eigenvalue weighted by Gasteiger charge is -2.15.